The van der Waals surface area contributed by atoms with Gasteiger partial charge < -0.3 is 10.6 Å². The van der Waals surface area contributed by atoms with Gasteiger partial charge in [0.15, 0.2) is 5.13 Å². The predicted molar refractivity (Wildman–Crippen MR) is 86.3 cm³/mol. The van der Waals surface area contributed by atoms with E-state index in [4.69, 9.17) is 5.73 Å². The Hall–Kier alpha value is -1.88. The maximum atomic E-state index is 12.9. The van der Waals surface area contributed by atoms with E-state index in [0.29, 0.717) is 15.7 Å². The second-order valence-corrected chi connectivity index (χ2v) is 6.47. The molecular weight excluding hydrogens is 282 g/mol. The Bertz CT molecular complexity index is 638. The van der Waals surface area contributed by atoms with Gasteiger partial charge in [-0.3, -0.25) is 4.79 Å². The lowest BCUT2D eigenvalue weighted by Crippen LogP contribution is -2.41. The number of aromatic nitrogens is 1. The fraction of sp³-hybridized carbons (Fsp3) is 0.375. The Morgan fingerprint density at radius 1 is 1.33 bits per heavy atom. The summed E-state index contributed by atoms with van der Waals surface area (Å²) in [6.45, 7) is 2.94. The van der Waals surface area contributed by atoms with E-state index in [0.717, 1.165) is 24.9 Å². The summed E-state index contributed by atoms with van der Waals surface area (Å²) in [7, 11) is 0. The third-order valence-corrected chi connectivity index (χ3v) is 4.82. The van der Waals surface area contributed by atoms with Crippen LogP contribution in [0.4, 0.5) is 5.13 Å². The molecule has 0 radical (unpaired) electrons. The summed E-state index contributed by atoms with van der Waals surface area (Å²) in [5, 5.41) is 0.446. The van der Waals surface area contributed by atoms with Gasteiger partial charge in [0, 0.05) is 18.2 Å². The van der Waals surface area contributed by atoms with Gasteiger partial charge in [-0.25, -0.2) is 4.98 Å². The van der Waals surface area contributed by atoms with Crippen molar-refractivity contribution in [2.24, 2.45) is 0 Å². The smallest absolute Gasteiger partial charge is 0.266 e. The third kappa shape index (κ3) is 2.78. The van der Waals surface area contributed by atoms with E-state index in [9.17, 15) is 4.79 Å². The van der Waals surface area contributed by atoms with Crippen molar-refractivity contribution in [3.8, 4) is 11.3 Å². The molecule has 1 saturated heterocycles. The van der Waals surface area contributed by atoms with Gasteiger partial charge in [-0.15, -0.1) is 0 Å². The minimum Gasteiger partial charge on any atom is -0.375 e. The number of nitrogen functional groups attached to an aromatic ring is 1. The zero-order valence-electron chi connectivity index (χ0n) is 12.1. The molecule has 2 heterocycles. The molecule has 1 aromatic heterocycles. The van der Waals surface area contributed by atoms with Crippen molar-refractivity contribution < 1.29 is 4.79 Å². The van der Waals surface area contributed by atoms with Gasteiger partial charge in [0.05, 0.1) is 5.69 Å². The molecule has 1 atom stereocenters. The number of thiazole rings is 1. The number of likely N-dealkylation sites (tertiary alicyclic amines) is 1. The summed E-state index contributed by atoms with van der Waals surface area (Å²) >= 11 is 1.29. The molecule has 0 spiro atoms. The van der Waals surface area contributed by atoms with Gasteiger partial charge in [0.1, 0.15) is 4.88 Å². The van der Waals surface area contributed by atoms with E-state index in [1.54, 1.807) is 0 Å². The van der Waals surface area contributed by atoms with E-state index in [2.05, 4.69) is 11.9 Å². The number of nitrogens with two attached hydrogens (primary N) is 1. The highest BCUT2D eigenvalue weighted by Gasteiger charge is 2.28. The zero-order valence-corrected chi connectivity index (χ0v) is 12.9. The first-order valence-electron chi connectivity index (χ1n) is 7.29. The number of benzene rings is 1. The molecule has 1 amide bonds. The molecule has 0 bridgehead atoms. The van der Waals surface area contributed by atoms with Gasteiger partial charge in [-0.05, 0) is 26.2 Å². The molecule has 0 aliphatic carbocycles. The minimum absolute atomic E-state index is 0.0650. The van der Waals surface area contributed by atoms with Gasteiger partial charge in [0.25, 0.3) is 5.91 Å². The quantitative estimate of drug-likeness (QED) is 0.924. The number of anilines is 1. The molecule has 2 N–H and O–H groups in total. The van der Waals surface area contributed by atoms with Gasteiger partial charge >= 0.3 is 0 Å². The van der Waals surface area contributed by atoms with E-state index >= 15 is 0 Å². The van der Waals surface area contributed by atoms with Crippen molar-refractivity contribution in [1.82, 2.24) is 9.88 Å². The maximum Gasteiger partial charge on any atom is 0.266 e. The topological polar surface area (TPSA) is 59.2 Å². The molecule has 21 heavy (non-hydrogen) atoms. The largest absolute Gasteiger partial charge is 0.375 e. The summed E-state index contributed by atoms with van der Waals surface area (Å²) < 4.78 is 0. The van der Waals surface area contributed by atoms with Crippen LogP contribution < -0.4 is 5.73 Å². The van der Waals surface area contributed by atoms with Gasteiger partial charge in [-0.2, -0.15) is 0 Å². The third-order valence-electron chi connectivity index (χ3n) is 3.95. The lowest BCUT2D eigenvalue weighted by Gasteiger charge is -2.33. The van der Waals surface area contributed by atoms with Crippen LogP contribution in [-0.4, -0.2) is 28.4 Å². The van der Waals surface area contributed by atoms with Crippen LogP contribution in [0, 0.1) is 0 Å². The first-order valence-corrected chi connectivity index (χ1v) is 8.11. The Labute approximate surface area is 128 Å². The molecule has 0 saturated carbocycles. The van der Waals surface area contributed by atoms with Crippen LogP contribution in [0.5, 0.6) is 0 Å². The van der Waals surface area contributed by atoms with Crippen molar-refractivity contribution in [2.45, 2.75) is 32.2 Å². The summed E-state index contributed by atoms with van der Waals surface area (Å²) in [6.07, 6.45) is 3.34. The van der Waals surface area contributed by atoms with Gasteiger partial charge in [0.2, 0.25) is 0 Å². The summed E-state index contributed by atoms with van der Waals surface area (Å²) in [4.78, 5) is 19.8. The number of amides is 1. The summed E-state index contributed by atoms with van der Waals surface area (Å²) in [5.41, 5.74) is 7.51. The molecule has 2 aromatic rings. The van der Waals surface area contributed by atoms with E-state index < -0.39 is 0 Å². The Balaban J connectivity index is 1.97. The predicted octanol–water partition coefficient (Wildman–Crippen LogP) is 3.41. The van der Waals surface area contributed by atoms with Crippen LogP contribution in [-0.2, 0) is 0 Å². The minimum atomic E-state index is 0.0650. The number of piperidine rings is 1. The van der Waals surface area contributed by atoms with Crippen molar-refractivity contribution in [3.63, 3.8) is 0 Å². The zero-order chi connectivity index (χ0) is 14.8. The van der Waals surface area contributed by atoms with Crippen molar-refractivity contribution in [3.05, 3.63) is 35.2 Å². The highest BCUT2D eigenvalue weighted by Crippen LogP contribution is 2.32. The van der Waals surface area contributed by atoms with Crippen molar-refractivity contribution in [1.29, 1.82) is 0 Å². The highest BCUT2D eigenvalue weighted by atomic mass is 32.1. The lowest BCUT2D eigenvalue weighted by atomic mass is 10.0. The standard InChI is InChI=1S/C16H19N3OS/c1-11-7-5-6-10-19(11)15(20)14-13(18-16(17)21-14)12-8-3-2-4-9-12/h2-4,8-9,11H,5-7,10H2,1H3,(H2,17,18). The molecule has 3 rings (SSSR count). The highest BCUT2D eigenvalue weighted by molar-refractivity contribution is 7.17. The summed E-state index contributed by atoms with van der Waals surface area (Å²) in [6, 6.07) is 10.1. The monoisotopic (exact) mass is 301 g/mol. The Morgan fingerprint density at radius 3 is 2.81 bits per heavy atom. The second kappa shape index (κ2) is 5.85. The first-order chi connectivity index (χ1) is 10.2. The molecule has 1 aromatic carbocycles. The number of hydrogen-bond donors (Lipinski definition) is 1. The number of rotatable bonds is 2. The van der Waals surface area contributed by atoms with E-state index in [1.165, 1.54) is 17.8 Å². The lowest BCUT2D eigenvalue weighted by molar-refractivity contribution is 0.0641. The molecular formula is C16H19N3OS. The Morgan fingerprint density at radius 2 is 2.10 bits per heavy atom. The maximum absolute atomic E-state index is 12.9. The van der Waals surface area contributed by atoms with Crippen LogP contribution in [0.1, 0.15) is 35.9 Å². The normalized spacial score (nSPS) is 18.7. The number of carbonyl (C=O) groups excluding carboxylic acids is 1. The van der Waals surface area contributed by atoms with Crippen molar-refractivity contribution in [2.75, 3.05) is 12.3 Å². The molecule has 1 fully saturated rings. The van der Waals surface area contributed by atoms with Crippen LogP contribution >= 0.6 is 11.3 Å². The van der Waals surface area contributed by atoms with Crippen LogP contribution in [0.3, 0.4) is 0 Å². The molecule has 1 aliphatic heterocycles. The van der Waals surface area contributed by atoms with E-state index in [1.807, 2.05) is 35.2 Å². The first kappa shape index (κ1) is 14.1. The Kier molecular flexibility index (Phi) is 3.92. The second-order valence-electron chi connectivity index (χ2n) is 5.44. The van der Waals surface area contributed by atoms with Gasteiger partial charge in [-0.1, -0.05) is 41.7 Å². The average molecular weight is 301 g/mol. The molecule has 4 nitrogen and oxygen atoms in total. The summed E-state index contributed by atoms with van der Waals surface area (Å²) in [5.74, 6) is 0.0650. The molecule has 1 unspecified atom stereocenters. The fourth-order valence-corrected chi connectivity index (χ4v) is 3.61. The SMILES string of the molecule is CC1CCCCN1C(=O)c1sc(N)nc1-c1ccccc1. The molecule has 110 valence electrons. The number of carbonyl (C=O) groups is 1. The van der Waals surface area contributed by atoms with Crippen LogP contribution in [0.2, 0.25) is 0 Å². The molecule has 1 aliphatic rings. The number of nitrogens with zero attached hydrogens (tertiary/aromatic N) is 2. The van der Waals surface area contributed by atoms with Crippen LogP contribution in [0.25, 0.3) is 11.3 Å². The van der Waals surface area contributed by atoms with Crippen LogP contribution in [0.15, 0.2) is 30.3 Å². The number of hydrogen-bond acceptors (Lipinski definition) is 4. The fourth-order valence-electron chi connectivity index (χ4n) is 2.80. The average Bonchev–Trinajstić information content (AvgIpc) is 2.90. The molecule has 5 heteroatoms. The van der Waals surface area contributed by atoms with E-state index in [-0.39, 0.29) is 11.9 Å². The van der Waals surface area contributed by atoms with Crippen molar-refractivity contribution >= 4 is 22.4 Å².